The summed E-state index contributed by atoms with van der Waals surface area (Å²) in [6, 6.07) is 6.15. The van der Waals surface area contributed by atoms with Crippen LogP contribution in [0.4, 0.5) is 0 Å². The van der Waals surface area contributed by atoms with E-state index in [1.54, 1.807) is 7.11 Å². The predicted octanol–water partition coefficient (Wildman–Crippen LogP) is 3.10. The number of hydrogen-bond acceptors (Lipinski definition) is 4. The first kappa shape index (κ1) is 15.9. The summed E-state index contributed by atoms with van der Waals surface area (Å²) < 4.78 is 18.3. The first-order valence-electron chi connectivity index (χ1n) is 8.02. The Balaban J connectivity index is 0.00000144. The second-order valence-electron chi connectivity index (χ2n) is 6.34. The summed E-state index contributed by atoms with van der Waals surface area (Å²) in [4.78, 5) is 0. The number of piperidine rings is 1. The molecular weight excluding hydrogens is 302 g/mol. The molecule has 3 heterocycles. The lowest BCUT2D eigenvalue weighted by Crippen LogP contribution is -2.56. The molecule has 1 N–H and O–H groups in total. The third-order valence-electron chi connectivity index (χ3n) is 5.29. The van der Waals surface area contributed by atoms with E-state index in [-0.39, 0.29) is 24.1 Å². The molecule has 3 aliphatic heterocycles. The number of halogens is 1. The lowest BCUT2D eigenvalue weighted by molar-refractivity contribution is -0.141. The SMILES string of the molecule is COc1cccc2c1OC1(CCNCC1)[C@@H]1CCCO[C@@H]21.Cl. The molecule has 0 saturated carbocycles. The lowest BCUT2D eigenvalue weighted by Gasteiger charge is -2.52. The molecule has 3 aliphatic rings. The van der Waals surface area contributed by atoms with Crippen LogP contribution in [0.5, 0.6) is 11.5 Å². The van der Waals surface area contributed by atoms with Gasteiger partial charge in [0.25, 0.3) is 0 Å². The zero-order valence-electron chi connectivity index (χ0n) is 13.0. The quantitative estimate of drug-likeness (QED) is 0.861. The van der Waals surface area contributed by atoms with E-state index >= 15 is 0 Å². The fourth-order valence-corrected chi connectivity index (χ4v) is 4.26. The Morgan fingerprint density at radius 2 is 2.09 bits per heavy atom. The van der Waals surface area contributed by atoms with Crippen LogP contribution in [0.2, 0.25) is 0 Å². The van der Waals surface area contributed by atoms with Crippen molar-refractivity contribution in [3.05, 3.63) is 23.8 Å². The number of ether oxygens (including phenoxy) is 3. The Bertz CT molecular complexity index is 531. The molecule has 0 bridgehead atoms. The molecule has 1 aromatic carbocycles. The van der Waals surface area contributed by atoms with Gasteiger partial charge < -0.3 is 19.5 Å². The van der Waals surface area contributed by atoms with Crippen LogP contribution < -0.4 is 14.8 Å². The summed E-state index contributed by atoms with van der Waals surface area (Å²) in [7, 11) is 1.71. The molecule has 0 radical (unpaired) electrons. The fourth-order valence-electron chi connectivity index (χ4n) is 4.26. The minimum Gasteiger partial charge on any atom is -0.493 e. The summed E-state index contributed by atoms with van der Waals surface area (Å²) in [5, 5.41) is 3.45. The Morgan fingerprint density at radius 1 is 1.27 bits per heavy atom. The summed E-state index contributed by atoms with van der Waals surface area (Å²) in [5.74, 6) is 2.20. The van der Waals surface area contributed by atoms with Gasteiger partial charge in [-0.15, -0.1) is 12.4 Å². The summed E-state index contributed by atoms with van der Waals surface area (Å²) in [6.07, 6.45) is 4.60. The van der Waals surface area contributed by atoms with Gasteiger partial charge in [-0.05, 0) is 32.0 Å². The van der Waals surface area contributed by atoms with Gasteiger partial charge >= 0.3 is 0 Å². The number of fused-ring (bicyclic) bond motifs is 4. The van der Waals surface area contributed by atoms with E-state index in [1.165, 1.54) is 12.0 Å². The van der Waals surface area contributed by atoms with Crippen LogP contribution in [0.15, 0.2) is 18.2 Å². The highest BCUT2D eigenvalue weighted by Crippen LogP contribution is 2.54. The minimum atomic E-state index is -0.0853. The standard InChI is InChI=1S/C17H23NO3.ClH/c1-19-14-6-2-4-12-15-13(5-3-11-20-15)17(21-16(12)14)7-9-18-10-8-17;/h2,4,6,13,15,18H,3,5,7-11H2,1H3;1H/t13-,15+;/m1./s1. The second-order valence-corrected chi connectivity index (χ2v) is 6.34. The molecule has 0 aliphatic carbocycles. The predicted molar refractivity (Wildman–Crippen MR) is 87.1 cm³/mol. The molecule has 2 atom stereocenters. The average molecular weight is 326 g/mol. The molecule has 122 valence electrons. The highest BCUT2D eigenvalue weighted by atomic mass is 35.5. The van der Waals surface area contributed by atoms with Crippen LogP contribution in [0.25, 0.3) is 0 Å². The van der Waals surface area contributed by atoms with E-state index in [1.807, 2.05) is 12.1 Å². The first-order valence-corrected chi connectivity index (χ1v) is 8.02. The molecule has 0 aromatic heterocycles. The maximum atomic E-state index is 6.61. The molecule has 5 heteroatoms. The summed E-state index contributed by atoms with van der Waals surface area (Å²) >= 11 is 0. The van der Waals surface area contributed by atoms with Crippen molar-refractivity contribution in [2.45, 2.75) is 37.4 Å². The average Bonchev–Trinajstić information content (AvgIpc) is 2.56. The Labute approximate surface area is 137 Å². The smallest absolute Gasteiger partial charge is 0.167 e. The number of nitrogens with one attached hydrogen (secondary N) is 1. The third-order valence-corrected chi connectivity index (χ3v) is 5.29. The van der Waals surface area contributed by atoms with E-state index in [4.69, 9.17) is 14.2 Å². The third kappa shape index (κ3) is 2.38. The molecular formula is C17H24ClNO3. The topological polar surface area (TPSA) is 39.7 Å². The van der Waals surface area contributed by atoms with Gasteiger partial charge in [-0.25, -0.2) is 0 Å². The molecule has 1 aromatic rings. The zero-order chi connectivity index (χ0) is 14.3. The van der Waals surface area contributed by atoms with Gasteiger partial charge in [0.15, 0.2) is 11.5 Å². The van der Waals surface area contributed by atoms with Crippen LogP contribution in [0.3, 0.4) is 0 Å². The largest absolute Gasteiger partial charge is 0.493 e. The molecule has 1 spiro atoms. The Kier molecular flexibility index (Phi) is 4.53. The second kappa shape index (κ2) is 6.26. The molecule has 4 rings (SSSR count). The zero-order valence-corrected chi connectivity index (χ0v) is 13.8. The van der Waals surface area contributed by atoms with E-state index in [2.05, 4.69) is 11.4 Å². The van der Waals surface area contributed by atoms with Gasteiger partial charge in [0.05, 0.1) is 13.2 Å². The van der Waals surface area contributed by atoms with Crippen molar-refractivity contribution in [1.29, 1.82) is 0 Å². The van der Waals surface area contributed by atoms with Crippen molar-refractivity contribution in [1.82, 2.24) is 5.32 Å². The number of rotatable bonds is 1. The monoisotopic (exact) mass is 325 g/mol. The highest BCUT2D eigenvalue weighted by Gasteiger charge is 2.52. The van der Waals surface area contributed by atoms with Gasteiger partial charge in [-0.2, -0.15) is 0 Å². The maximum absolute atomic E-state index is 6.61. The number of benzene rings is 1. The normalized spacial score (nSPS) is 28.8. The van der Waals surface area contributed by atoms with Crippen LogP contribution in [0.1, 0.15) is 37.4 Å². The molecule has 0 unspecified atom stereocenters. The minimum absolute atomic E-state index is 0. The van der Waals surface area contributed by atoms with Gasteiger partial charge in [-0.1, -0.05) is 12.1 Å². The fraction of sp³-hybridized carbons (Fsp3) is 0.647. The van der Waals surface area contributed by atoms with Crippen LogP contribution in [-0.2, 0) is 4.74 Å². The summed E-state index contributed by atoms with van der Waals surface area (Å²) in [6.45, 7) is 2.90. The van der Waals surface area contributed by atoms with Crippen molar-refractivity contribution in [2.75, 3.05) is 26.8 Å². The highest BCUT2D eigenvalue weighted by molar-refractivity contribution is 5.85. The number of methoxy groups -OCH3 is 1. The van der Waals surface area contributed by atoms with Crippen molar-refractivity contribution in [2.24, 2.45) is 5.92 Å². The van der Waals surface area contributed by atoms with Crippen molar-refractivity contribution in [3.63, 3.8) is 0 Å². The van der Waals surface area contributed by atoms with E-state index < -0.39 is 0 Å². The molecule has 2 fully saturated rings. The van der Waals surface area contributed by atoms with Gasteiger partial charge in [0.1, 0.15) is 5.60 Å². The van der Waals surface area contributed by atoms with E-state index in [9.17, 15) is 0 Å². The van der Waals surface area contributed by atoms with E-state index in [0.29, 0.717) is 5.92 Å². The maximum Gasteiger partial charge on any atom is 0.167 e. The van der Waals surface area contributed by atoms with Crippen molar-refractivity contribution < 1.29 is 14.2 Å². The van der Waals surface area contributed by atoms with Crippen molar-refractivity contribution in [3.8, 4) is 11.5 Å². The molecule has 22 heavy (non-hydrogen) atoms. The Morgan fingerprint density at radius 3 is 2.86 bits per heavy atom. The van der Waals surface area contributed by atoms with Crippen LogP contribution in [0, 0.1) is 5.92 Å². The molecule has 0 amide bonds. The van der Waals surface area contributed by atoms with Crippen LogP contribution >= 0.6 is 12.4 Å². The van der Waals surface area contributed by atoms with Gasteiger partial charge in [0.2, 0.25) is 0 Å². The van der Waals surface area contributed by atoms with Gasteiger partial charge in [-0.3, -0.25) is 0 Å². The molecule has 2 saturated heterocycles. The van der Waals surface area contributed by atoms with E-state index in [0.717, 1.165) is 50.5 Å². The van der Waals surface area contributed by atoms with Crippen molar-refractivity contribution >= 4 is 12.4 Å². The first-order chi connectivity index (χ1) is 10.3. The summed E-state index contributed by atoms with van der Waals surface area (Å²) in [5.41, 5.74) is 1.08. The number of hydrogen-bond donors (Lipinski definition) is 1. The van der Waals surface area contributed by atoms with Gasteiger partial charge in [0, 0.05) is 30.9 Å². The number of para-hydroxylation sites is 1. The molecule has 4 nitrogen and oxygen atoms in total. The van der Waals surface area contributed by atoms with Crippen LogP contribution in [-0.4, -0.2) is 32.4 Å². The lowest BCUT2D eigenvalue weighted by atomic mass is 9.70. The Hall–Kier alpha value is -0.970.